The number of guanidine groups is 1. The topological polar surface area (TPSA) is 53.6 Å². The molecular weight excluding hydrogens is 212 g/mol. The van der Waals surface area contributed by atoms with Crippen molar-refractivity contribution in [2.45, 2.75) is 51.1 Å². The van der Waals surface area contributed by atoms with Crippen molar-refractivity contribution >= 4 is 5.96 Å². The highest BCUT2D eigenvalue weighted by molar-refractivity contribution is 5.78. The zero-order chi connectivity index (χ0) is 11.9. The molecule has 0 aromatic carbocycles. The summed E-state index contributed by atoms with van der Waals surface area (Å²) in [5, 5.41) is 3.37. The maximum Gasteiger partial charge on any atom is 0.188 e. The molecule has 3 fully saturated rings. The van der Waals surface area contributed by atoms with E-state index in [0.717, 1.165) is 13.1 Å². The van der Waals surface area contributed by atoms with Crippen molar-refractivity contribution < 1.29 is 0 Å². The van der Waals surface area contributed by atoms with Gasteiger partial charge >= 0.3 is 0 Å². The number of likely N-dealkylation sites (N-methyl/N-ethyl adjacent to an activating group) is 1. The van der Waals surface area contributed by atoms with E-state index < -0.39 is 0 Å². The van der Waals surface area contributed by atoms with Gasteiger partial charge in [-0.3, -0.25) is 9.89 Å². The highest BCUT2D eigenvalue weighted by atomic mass is 15.2. The van der Waals surface area contributed by atoms with Crippen molar-refractivity contribution in [3.05, 3.63) is 0 Å². The quantitative estimate of drug-likeness (QED) is 0.564. The Morgan fingerprint density at radius 2 is 2.35 bits per heavy atom. The average Bonchev–Trinajstić information content (AvgIpc) is 3.18. The van der Waals surface area contributed by atoms with E-state index in [9.17, 15) is 0 Å². The van der Waals surface area contributed by atoms with E-state index in [1.165, 1.54) is 38.6 Å². The summed E-state index contributed by atoms with van der Waals surface area (Å²) in [6, 6.07) is 1.26. The predicted molar refractivity (Wildman–Crippen MR) is 70.0 cm³/mol. The van der Waals surface area contributed by atoms with Gasteiger partial charge in [-0.1, -0.05) is 6.92 Å². The minimum Gasteiger partial charge on any atom is -0.370 e. The number of nitrogens with one attached hydrogen (secondary N) is 1. The molecule has 2 saturated carbocycles. The van der Waals surface area contributed by atoms with Gasteiger partial charge in [0.25, 0.3) is 0 Å². The average molecular weight is 236 g/mol. The van der Waals surface area contributed by atoms with Crippen molar-refractivity contribution in [2.24, 2.45) is 16.1 Å². The lowest BCUT2D eigenvalue weighted by atomic mass is 10.2. The summed E-state index contributed by atoms with van der Waals surface area (Å²) in [6.45, 7) is 5.46. The normalized spacial score (nSPS) is 35.2. The molecule has 1 aliphatic heterocycles. The van der Waals surface area contributed by atoms with Crippen LogP contribution in [0.1, 0.15) is 39.0 Å². The fourth-order valence-electron chi connectivity index (χ4n) is 3.21. The molecule has 96 valence electrons. The smallest absolute Gasteiger partial charge is 0.188 e. The molecule has 3 aliphatic rings. The van der Waals surface area contributed by atoms with Gasteiger partial charge in [0.15, 0.2) is 5.96 Å². The van der Waals surface area contributed by atoms with E-state index in [1.54, 1.807) is 0 Å². The van der Waals surface area contributed by atoms with E-state index in [1.807, 2.05) is 0 Å². The maximum atomic E-state index is 5.95. The molecule has 0 aromatic heterocycles. The van der Waals surface area contributed by atoms with E-state index in [4.69, 9.17) is 5.73 Å². The van der Waals surface area contributed by atoms with Crippen molar-refractivity contribution in [1.82, 2.24) is 10.2 Å². The molecule has 3 rings (SSSR count). The highest BCUT2D eigenvalue weighted by Gasteiger charge is 2.63. The molecular formula is C13H24N4. The predicted octanol–water partition coefficient (Wildman–Crippen LogP) is 0.928. The lowest BCUT2D eigenvalue weighted by Gasteiger charge is -2.20. The van der Waals surface area contributed by atoms with Crippen LogP contribution >= 0.6 is 0 Å². The first kappa shape index (κ1) is 11.3. The molecule has 0 aromatic rings. The molecule has 4 heteroatoms. The van der Waals surface area contributed by atoms with Crippen molar-refractivity contribution in [2.75, 3.05) is 19.6 Å². The van der Waals surface area contributed by atoms with Crippen molar-refractivity contribution in [1.29, 1.82) is 0 Å². The highest BCUT2D eigenvalue weighted by Crippen LogP contribution is 2.65. The fraction of sp³-hybridized carbons (Fsp3) is 0.923. The van der Waals surface area contributed by atoms with Crippen LogP contribution < -0.4 is 11.1 Å². The minimum atomic E-state index is 0.620. The molecule has 17 heavy (non-hydrogen) atoms. The van der Waals surface area contributed by atoms with Crippen LogP contribution in [0.2, 0.25) is 0 Å². The standard InChI is InChI=1S/C13H24N4/c1-2-17-7-3-4-10(17)9-15-12(14)16-11-8-13(11)5-6-13/h10-11H,2-9H2,1H3,(H3,14,15,16). The SMILES string of the molecule is CCN1CCCC1CN=C(N)NC1CC12CC2. The molecule has 1 spiro atoms. The van der Waals surface area contributed by atoms with E-state index >= 15 is 0 Å². The van der Waals surface area contributed by atoms with Crippen LogP contribution in [0.3, 0.4) is 0 Å². The van der Waals surface area contributed by atoms with E-state index in [-0.39, 0.29) is 0 Å². The lowest BCUT2D eigenvalue weighted by molar-refractivity contribution is 0.273. The van der Waals surface area contributed by atoms with Crippen LogP contribution in [-0.4, -0.2) is 42.6 Å². The second-order valence-corrected chi connectivity index (χ2v) is 5.91. The van der Waals surface area contributed by atoms with Crippen LogP contribution in [0.15, 0.2) is 4.99 Å². The van der Waals surface area contributed by atoms with Gasteiger partial charge < -0.3 is 11.1 Å². The number of aliphatic imine (C=N–C) groups is 1. The number of hydrogen-bond acceptors (Lipinski definition) is 2. The Kier molecular flexibility index (Phi) is 2.77. The molecule has 3 N–H and O–H groups in total. The Morgan fingerprint density at radius 3 is 3.00 bits per heavy atom. The van der Waals surface area contributed by atoms with Gasteiger partial charge in [-0.25, -0.2) is 0 Å². The summed E-state index contributed by atoms with van der Waals surface area (Å²) in [4.78, 5) is 7.03. The summed E-state index contributed by atoms with van der Waals surface area (Å²) in [6.07, 6.45) is 6.69. The Labute approximate surface area is 104 Å². The Hall–Kier alpha value is -0.770. The maximum absolute atomic E-state index is 5.95. The second kappa shape index (κ2) is 4.16. The van der Waals surface area contributed by atoms with Gasteiger partial charge in [-0.2, -0.15) is 0 Å². The molecule has 4 nitrogen and oxygen atoms in total. The number of nitrogens with two attached hydrogens (primary N) is 1. The summed E-state index contributed by atoms with van der Waals surface area (Å²) in [7, 11) is 0. The van der Waals surface area contributed by atoms with Crippen LogP contribution in [0, 0.1) is 5.41 Å². The van der Waals surface area contributed by atoms with Gasteiger partial charge in [-0.05, 0) is 50.6 Å². The zero-order valence-corrected chi connectivity index (χ0v) is 10.8. The molecule has 2 atom stereocenters. The summed E-state index contributed by atoms with van der Waals surface area (Å²) >= 11 is 0. The molecule has 1 heterocycles. The number of rotatable bonds is 4. The summed E-state index contributed by atoms with van der Waals surface area (Å²) in [5.74, 6) is 0.668. The molecule has 2 aliphatic carbocycles. The number of likely N-dealkylation sites (tertiary alicyclic amines) is 1. The number of hydrogen-bond donors (Lipinski definition) is 2. The largest absolute Gasteiger partial charge is 0.370 e. The van der Waals surface area contributed by atoms with Crippen LogP contribution in [0.4, 0.5) is 0 Å². The first-order valence-corrected chi connectivity index (χ1v) is 7.04. The third kappa shape index (κ3) is 2.28. The van der Waals surface area contributed by atoms with Gasteiger partial charge in [0.05, 0.1) is 6.54 Å². The molecule has 0 bridgehead atoms. The van der Waals surface area contributed by atoms with Crippen molar-refractivity contribution in [3.63, 3.8) is 0 Å². The Morgan fingerprint density at radius 1 is 1.53 bits per heavy atom. The van der Waals surface area contributed by atoms with Gasteiger partial charge in [0.2, 0.25) is 0 Å². The first-order valence-electron chi connectivity index (χ1n) is 7.04. The fourth-order valence-corrected chi connectivity index (χ4v) is 3.21. The summed E-state index contributed by atoms with van der Waals surface area (Å²) in [5.41, 5.74) is 6.60. The monoisotopic (exact) mass is 236 g/mol. The van der Waals surface area contributed by atoms with E-state index in [0.29, 0.717) is 23.5 Å². The van der Waals surface area contributed by atoms with E-state index in [2.05, 4.69) is 22.1 Å². The van der Waals surface area contributed by atoms with Gasteiger partial charge in [0.1, 0.15) is 0 Å². The van der Waals surface area contributed by atoms with Crippen LogP contribution in [0.5, 0.6) is 0 Å². The summed E-state index contributed by atoms with van der Waals surface area (Å²) < 4.78 is 0. The Bertz CT molecular complexity index is 321. The van der Waals surface area contributed by atoms with Gasteiger partial charge in [-0.15, -0.1) is 0 Å². The van der Waals surface area contributed by atoms with Crippen molar-refractivity contribution in [3.8, 4) is 0 Å². The van der Waals surface area contributed by atoms with Gasteiger partial charge in [0, 0.05) is 12.1 Å². The third-order valence-electron chi connectivity index (χ3n) is 4.78. The molecule has 0 radical (unpaired) electrons. The molecule has 2 unspecified atom stereocenters. The lowest BCUT2D eigenvalue weighted by Crippen LogP contribution is -2.37. The Balaban J connectivity index is 1.45. The molecule has 1 saturated heterocycles. The number of nitrogens with zero attached hydrogens (tertiary/aromatic N) is 2. The first-order chi connectivity index (χ1) is 8.23. The molecule has 0 amide bonds. The third-order valence-corrected chi connectivity index (χ3v) is 4.78. The van der Waals surface area contributed by atoms with Crippen LogP contribution in [0.25, 0.3) is 0 Å². The van der Waals surface area contributed by atoms with Crippen LogP contribution in [-0.2, 0) is 0 Å². The minimum absolute atomic E-state index is 0.620. The second-order valence-electron chi connectivity index (χ2n) is 5.91. The zero-order valence-electron chi connectivity index (χ0n) is 10.8.